The summed E-state index contributed by atoms with van der Waals surface area (Å²) in [6.45, 7) is 5.19. The largest absolute Gasteiger partial charge is 0.350 e. The maximum Gasteiger partial charge on any atom is 0.251 e. The summed E-state index contributed by atoms with van der Waals surface area (Å²) in [7, 11) is 0. The van der Waals surface area contributed by atoms with Crippen LogP contribution in [-0.2, 0) is 0 Å². The van der Waals surface area contributed by atoms with Gasteiger partial charge in [-0.25, -0.2) is 0 Å². The average Bonchev–Trinajstić information content (AvgIpc) is 2.84. The molecule has 1 aliphatic heterocycles. The van der Waals surface area contributed by atoms with Crippen LogP contribution in [-0.4, -0.2) is 36.5 Å². The molecule has 3 nitrogen and oxygen atoms in total. The quantitative estimate of drug-likeness (QED) is 0.860. The van der Waals surface area contributed by atoms with Gasteiger partial charge in [0.2, 0.25) is 0 Å². The van der Waals surface area contributed by atoms with E-state index in [9.17, 15) is 4.79 Å². The molecule has 0 aromatic heterocycles. The van der Waals surface area contributed by atoms with Crippen LogP contribution in [0.3, 0.4) is 0 Å². The predicted octanol–water partition coefficient (Wildman–Crippen LogP) is 1.90. The van der Waals surface area contributed by atoms with Gasteiger partial charge in [0.05, 0.1) is 0 Å². The van der Waals surface area contributed by atoms with Gasteiger partial charge < -0.3 is 5.32 Å². The average molecular weight is 232 g/mol. The third-order valence-electron chi connectivity index (χ3n) is 3.44. The molecule has 0 unspecified atom stereocenters. The van der Waals surface area contributed by atoms with Crippen molar-refractivity contribution < 1.29 is 4.79 Å². The highest BCUT2D eigenvalue weighted by Gasteiger charge is 2.23. The summed E-state index contributed by atoms with van der Waals surface area (Å²) in [5.74, 6) is 0.0357. The lowest BCUT2D eigenvalue weighted by molar-refractivity contribution is 0.0941. The zero-order valence-corrected chi connectivity index (χ0v) is 10.4. The number of nitrogens with zero attached hydrogens (tertiary/aromatic N) is 1. The van der Waals surface area contributed by atoms with Crippen molar-refractivity contribution in [3.8, 4) is 0 Å². The van der Waals surface area contributed by atoms with Gasteiger partial charge in [-0.1, -0.05) is 25.1 Å². The van der Waals surface area contributed by atoms with Crippen LogP contribution in [0.4, 0.5) is 0 Å². The molecule has 0 radical (unpaired) electrons. The van der Waals surface area contributed by atoms with Gasteiger partial charge in [0.1, 0.15) is 0 Å². The highest BCUT2D eigenvalue weighted by molar-refractivity contribution is 5.94. The second kappa shape index (κ2) is 5.82. The van der Waals surface area contributed by atoms with Crippen molar-refractivity contribution in [3.05, 3.63) is 35.9 Å². The van der Waals surface area contributed by atoms with E-state index >= 15 is 0 Å². The number of nitrogens with one attached hydrogen (secondary N) is 1. The number of hydrogen-bond acceptors (Lipinski definition) is 2. The first-order chi connectivity index (χ1) is 8.31. The fourth-order valence-corrected chi connectivity index (χ4v) is 2.44. The molecule has 1 aromatic rings. The van der Waals surface area contributed by atoms with Crippen molar-refractivity contribution >= 4 is 5.91 Å². The second-order valence-corrected chi connectivity index (χ2v) is 4.50. The normalized spacial score (nSPS) is 20.4. The molecule has 92 valence electrons. The van der Waals surface area contributed by atoms with Crippen molar-refractivity contribution in [2.24, 2.45) is 0 Å². The van der Waals surface area contributed by atoms with E-state index in [1.807, 2.05) is 30.3 Å². The summed E-state index contributed by atoms with van der Waals surface area (Å²) in [5, 5.41) is 3.02. The molecule has 1 aliphatic rings. The van der Waals surface area contributed by atoms with Crippen LogP contribution in [0.2, 0.25) is 0 Å². The summed E-state index contributed by atoms with van der Waals surface area (Å²) in [5.41, 5.74) is 0.744. The highest BCUT2D eigenvalue weighted by atomic mass is 16.1. The smallest absolute Gasteiger partial charge is 0.251 e. The topological polar surface area (TPSA) is 32.3 Å². The molecule has 17 heavy (non-hydrogen) atoms. The molecule has 0 aliphatic carbocycles. The Kier molecular flexibility index (Phi) is 4.15. The van der Waals surface area contributed by atoms with Crippen LogP contribution in [0.1, 0.15) is 30.1 Å². The van der Waals surface area contributed by atoms with Crippen molar-refractivity contribution in [3.63, 3.8) is 0 Å². The van der Waals surface area contributed by atoms with E-state index in [0.29, 0.717) is 6.04 Å². The zero-order valence-electron chi connectivity index (χ0n) is 10.4. The Balaban J connectivity index is 1.84. The molecule has 0 saturated carbocycles. The number of hydrogen-bond donors (Lipinski definition) is 1. The first-order valence-electron chi connectivity index (χ1n) is 6.38. The van der Waals surface area contributed by atoms with Crippen LogP contribution in [0, 0.1) is 0 Å². The van der Waals surface area contributed by atoms with E-state index in [1.165, 1.54) is 19.4 Å². The molecule has 1 fully saturated rings. The van der Waals surface area contributed by atoms with Crippen molar-refractivity contribution in [2.45, 2.75) is 25.8 Å². The van der Waals surface area contributed by atoms with Crippen LogP contribution in [0.15, 0.2) is 30.3 Å². The second-order valence-electron chi connectivity index (χ2n) is 4.50. The van der Waals surface area contributed by atoms with E-state index in [1.54, 1.807) is 0 Å². The number of likely N-dealkylation sites (N-methyl/N-ethyl adjacent to an activating group) is 1. The predicted molar refractivity (Wildman–Crippen MR) is 69.0 cm³/mol. The van der Waals surface area contributed by atoms with Crippen LogP contribution < -0.4 is 5.32 Å². The van der Waals surface area contributed by atoms with Crippen molar-refractivity contribution in [2.75, 3.05) is 19.6 Å². The number of amides is 1. The Morgan fingerprint density at radius 1 is 1.41 bits per heavy atom. The van der Waals surface area contributed by atoms with Gasteiger partial charge in [-0.15, -0.1) is 0 Å². The molecule has 1 heterocycles. The lowest BCUT2D eigenvalue weighted by atomic mass is 10.2. The van der Waals surface area contributed by atoms with Gasteiger partial charge >= 0.3 is 0 Å². The first-order valence-corrected chi connectivity index (χ1v) is 6.38. The fourth-order valence-electron chi connectivity index (χ4n) is 2.44. The van der Waals surface area contributed by atoms with Crippen molar-refractivity contribution in [1.29, 1.82) is 0 Å². The monoisotopic (exact) mass is 232 g/mol. The molecule has 2 rings (SSSR count). The Morgan fingerprint density at radius 2 is 2.18 bits per heavy atom. The third kappa shape index (κ3) is 3.07. The fraction of sp³-hybridized carbons (Fsp3) is 0.500. The minimum atomic E-state index is 0.0357. The molecular weight excluding hydrogens is 212 g/mol. The number of carbonyl (C=O) groups is 1. The summed E-state index contributed by atoms with van der Waals surface area (Å²) in [6, 6.07) is 9.93. The maximum absolute atomic E-state index is 11.9. The standard InChI is InChI=1S/C14H20N2O/c1-2-16-10-6-9-13(16)11-15-14(17)12-7-4-3-5-8-12/h3-5,7-8,13H,2,6,9-11H2,1H3,(H,15,17)/t13-/m1/s1. The van der Waals surface area contributed by atoms with E-state index in [2.05, 4.69) is 17.1 Å². The Morgan fingerprint density at radius 3 is 2.88 bits per heavy atom. The van der Waals surface area contributed by atoms with Crippen LogP contribution in [0.25, 0.3) is 0 Å². The van der Waals surface area contributed by atoms with Crippen LogP contribution >= 0.6 is 0 Å². The van der Waals surface area contributed by atoms with Gasteiger partial charge in [-0.05, 0) is 38.1 Å². The lowest BCUT2D eigenvalue weighted by Crippen LogP contribution is -2.40. The molecule has 1 N–H and O–H groups in total. The number of rotatable bonds is 4. The highest BCUT2D eigenvalue weighted by Crippen LogP contribution is 2.15. The Bertz CT molecular complexity index is 364. The van der Waals surface area contributed by atoms with E-state index in [-0.39, 0.29) is 5.91 Å². The third-order valence-corrected chi connectivity index (χ3v) is 3.44. The molecule has 0 bridgehead atoms. The zero-order chi connectivity index (χ0) is 12.1. The summed E-state index contributed by atoms with van der Waals surface area (Å²) in [6.07, 6.45) is 2.45. The summed E-state index contributed by atoms with van der Waals surface area (Å²) < 4.78 is 0. The van der Waals surface area contributed by atoms with E-state index < -0.39 is 0 Å². The summed E-state index contributed by atoms with van der Waals surface area (Å²) in [4.78, 5) is 14.3. The molecule has 0 spiro atoms. The van der Waals surface area contributed by atoms with Gasteiger partial charge in [-0.3, -0.25) is 9.69 Å². The van der Waals surface area contributed by atoms with Gasteiger partial charge in [0, 0.05) is 18.2 Å². The number of likely N-dealkylation sites (tertiary alicyclic amines) is 1. The van der Waals surface area contributed by atoms with Gasteiger partial charge in [-0.2, -0.15) is 0 Å². The minimum absolute atomic E-state index is 0.0357. The Labute approximate surface area is 103 Å². The SMILES string of the molecule is CCN1CCC[C@@H]1CNC(=O)c1ccccc1. The van der Waals surface area contributed by atoms with E-state index in [0.717, 1.165) is 18.7 Å². The molecule has 1 amide bonds. The summed E-state index contributed by atoms with van der Waals surface area (Å²) >= 11 is 0. The number of benzene rings is 1. The molecule has 3 heteroatoms. The van der Waals surface area contributed by atoms with Gasteiger partial charge in [0.15, 0.2) is 0 Å². The molecular formula is C14H20N2O. The molecule has 1 saturated heterocycles. The van der Waals surface area contributed by atoms with E-state index in [4.69, 9.17) is 0 Å². The van der Waals surface area contributed by atoms with Crippen LogP contribution in [0.5, 0.6) is 0 Å². The van der Waals surface area contributed by atoms with Crippen molar-refractivity contribution in [1.82, 2.24) is 10.2 Å². The molecule has 1 aromatic carbocycles. The number of carbonyl (C=O) groups excluding carboxylic acids is 1. The molecule has 1 atom stereocenters. The van der Waals surface area contributed by atoms with Gasteiger partial charge in [0.25, 0.3) is 5.91 Å². The first kappa shape index (κ1) is 12.1. The Hall–Kier alpha value is -1.35. The maximum atomic E-state index is 11.9. The lowest BCUT2D eigenvalue weighted by Gasteiger charge is -2.22. The minimum Gasteiger partial charge on any atom is -0.350 e.